The van der Waals surface area contributed by atoms with Crippen LogP contribution >= 0.6 is 11.3 Å². The molecule has 2 aromatic heterocycles. The standard InChI is InChI=1S/C26H18N2S/c1-27-16-17-10-12-18(13-11-17)28-22-8-4-2-6-19(22)20-14-15-24-25(26(20)28)21-7-3-5-9-23(21)29-24/h2-15H,1,16H2. The van der Waals surface area contributed by atoms with E-state index in [0.717, 1.165) is 0 Å². The summed E-state index contributed by atoms with van der Waals surface area (Å²) < 4.78 is 5.08. The van der Waals surface area contributed by atoms with Gasteiger partial charge < -0.3 is 4.57 Å². The van der Waals surface area contributed by atoms with Gasteiger partial charge in [-0.1, -0.05) is 54.6 Å². The Hall–Kier alpha value is -3.43. The van der Waals surface area contributed by atoms with Gasteiger partial charge in [0.15, 0.2) is 0 Å². The van der Waals surface area contributed by atoms with Gasteiger partial charge in [-0.05, 0) is 42.6 Å². The lowest BCUT2D eigenvalue weighted by Gasteiger charge is -2.10. The summed E-state index contributed by atoms with van der Waals surface area (Å²) in [5.41, 5.74) is 4.87. The summed E-state index contributed by atoms with van der Waals surface area (Å²) in [4.78, 5) is 4.01. The third-order valence-corrected chi connectivity index (χ3v) is 6.80. The molecule has 2 nitrogen and oxygen atoms in total. The second kappa shape index (κ2) is 6.29. The fourth-order valence-corrected chi connectivity index (χ4v) is 5.52. The summed E-state index contributed by atoms with van der Waals surface area (Å²) in [7, 11) is 0. The second-order valence-electron chi connectivity index (χ2n) is 7.33. The average molecular weight is 391 g/mol. The minimum atomic E-state index is 0.646. The Morgan fingerprint density at radius 1 is 0.724 bits per heavy atom. The van der Waals surface area contributed by atoms with Crippen molar-refractivity contribution in [1.29, 1.82) is 0 Å². The zero-order chi connectivity index (χ0) is 19.4. The molecule has 0 saturated heterocycles. The third-order valence-electron chi connectivity index (χ3n) is 5.66. The van der Waals surface area contributed by atoms with Gasteiger partial charge in [0.05, 0.1) is 17.6 Å². The van der Waals surface area contributed by atoms with Crippen LogP contribution in [0.2, 0.25) is 0 Å². The number of fused-ring (bicyclic) bond motifs is 7. The Morgan fingerprint density at radius 2 is 1.48 bits per heavy atom. The van der Waals surface area contributed by atoms with E-state index in [4.69, 9.17) is 0 Å². The van der Waals surface area contributed by atoms with Crippen LogP contribution in [-0.2, 0) is 6.54 Å². The Labute approximate surface area is 172 Å². The number of aliphatic imine (C=N–C) groups is 1. The molecule has 6 rings (SSSR count). The fourth-order valence-electron chi connectivity index (χ4n) is 4.41. The molecule has 2 heterocycles. The molecule has 138 valence electrons. The van der Waals surface area contributed by atoms with Crippen LogP contribution in [0.15, 0.2) is 89.9 Å². The minimum Gasteiger partial charge on any atom is -0.309 e. The van der Waals surface area contributed by atoms with Gasteiger partial charge in [0.2, 0.25) is 0 Å². The molecule has 4 aromatic carbocycles. The summed E-state index contributed by atoms with van der Waals surface area (Å²) >= 11 is 1.87. The molecule has 0 atom stereocenters. The van der Waals surface area contributed by atoms with E-state index in [-0.39, 0.29) is 0 Å². The van der Waals surface area contributed by atoms with E-state index < -0.39 is 0 Å². The van der Waals surface area contributed by atoms with Crippen molar-refractivity contribution in [3.05, 3.63) is 90.5 Å². The monoisotopic (exact) mass is 390 g/mol. The molecule has 0 spiro atoms. The smallest absolute Gasteiger partial charge is 0.0634 e. The van der Waals surface area contributed by atoms with Crippen molar-refractivity contribution >= 4 is 60.0 Å². The van der Waals surface area contributed by atoms with Gasteiger partial charge in [-0.25, -0.2) is 0 Å². The van der Waals surface area contributed by atoms with Crippen molar-refractivity contribution in [3.63, 3.8) is 0 Å². The van der Waals surface area contributed by atoms with Crippen molar-refractivity contribution in [3.8, 4) is 5.69 Å². The maximum Gasteiger partial charge on any atom is 0.0634 e. The molecule has 0 fully saturated rings. The van der Waals surface area contributed by atoms with Crippen LogP contribution < -0.4 is 0 Å². The number of benzene rings is 4. The first-order valence-corrected chi connectivity index (χ1v) is 10.5. The van der Waals surface area contributed by atoms with E-state index in [2.05, 4.69) is 101 Å². The number of nitrogens with zero attached hydrogens (tertiary/aromatic N) is 2. The quantitative estimate of drug-likeness (QED) is 0.281. The van der Waals surface area contributed by atoms with Gasteiger partial charge >= 0.3 is 0 Å². The predicted molar refractivity (Wildman–Crippen MR) is 127 cm³/mol. The number of thiophene rings is 1. The van der Waals surface area contributed by atoms with Crippen molar-refractivity contribution in [2.45, 2.75) is 6.54 Å². The fraction of sp³-hybridized carbons (Fsp3) is 0.0385. The number of rotatable bonds is 3. The highest BCUT2D eigenvalue weighted by atomic mass is 32.1. The summed E-state index contributed by atoms with van der Waals surface area (Å²) in [5.74, 6) is 0. The van der Waals surface area contributed by atoms with E-state index in [1.54, 1.807) is 0 Å². The molecule has 0 amide bonds. The molecule has 6 aromatic rings. The highest BCUT2D eigenvalue weighted by molar-refractivity contribution is 7.26. The van der Waals surface area contributed by atoms with Crippen LogP contribution in [0, 0.1) is 0 Å². The molecule has 0 unspecified atom stereocenters. The third kappa shape index (κ3) is 2.38. The Kier molecular flexibility index (Phi) is 3.58. The lowest BCUT2D eigenvalue weighted by molar-refractivity contribution is 1.07. The molecule has 0 N–H and O–H groups in total. The predicted octanol–water partition coefficient (Wildman–Crippen LogP) is 7.35. The van der Waals surface area contributed by atoms with Crippen LogP contribution in [0.5, 0.6) is 0 Å². The summed E-state index contributed by atoms with van der Waals surface area (Å²) in [6.07, 6.45) is 0. The first-order valence-electron chi connectivity index (χ1n) is 9.70. The molecular formula is C26H18N2S. The minimum absolute atomic E-state index is 0.646. The van der Waals surface area contributed by atoms with Gasteiger partial charge in [-0.3, -0.25) is 4.99 Å². The second-order valence-corrected chi connectivity index (χ2v) is 8.42. The van der Waals surface area contributed by atoms with Crippen LogP contribution in [-0.4, -0.2) is 11.3 Å². The van der Waals surface area contributed by atoms with E-state index >= 15 is 0 Å². The average Bonchev–Trinajstić information content (AvgIpc) is 3.30. The normalized spacial score (nSPS) is 11.7. The van der Waals surface area contributed by atoms with E-state index in [1.165, 1.54) is 53.2 Å². The lowest BCUT2D eigenvalue weighted by Crippen LogP contribution is -1.94. The van der Waals surface area contributed by atoms with Gasteiger partial charge in [-0.2, -0.15) is 0 Å². The molecule has 0 bridgehead atoms. The summed E-state index contributed by atoms with van der Waals surface area (Å²) in [5, 5.41) is 5.26. The largest absolute Gasteiger partial charge is 0.309 e. The number of para-hydroxylation sites is 1. The van der Waals surface area contributed by atoms with E-state index in [0.29, 0.717) is 6.54 Å². The number of hydrogen-bond donors (Lipinski definition) is 0. The summed E-state index contributed by atoms with van der Waals surface area (Å²) in [6, 6.07) is 30.7. The highest BCUT2D eigenvalue weighted by Crippen LogP contribution is 2.42. The van der Waals surface area contributed by atoms with E-state index in [1.807, 2.05) is 11.3 Å². The Bertz CT molecular complexity index is 1530. The molecule has 0 saturated carbocycles. The number of aromatic nitrogens is 1. The zero-order valence-corrected chi connectivity index (χ0v) is 16.6. The van der Waals surface area contributed by atoms with Crippen molar-refractivity contribution < 1.29 is 0 Å². The van der Waals surface area contributed by atoms with Gasteiger partial charge in [0, 0.05) is 36.6 Å². The van der Waals surface area contributed by atoms with Crippen molar-refractivity contribution in [2.75, 3.05) is 0 Å². The molecule has 0 aliphatic rings. The maximum atomic E-state index is 4.01. The maximum absolute atomic E-state index is 4.01. The van der Waals surface area contributed by atoms with Crippen LogP contribution in [0.1, 0.15) is 5.56 Å². The molecule has 0 aliphatic heterocycles. The molecule has 0 aliphatic carbocycles. The van der Waals surface area contributed by atoms with Gasteiger partial charge in [-0.15, -0.1) is 11.3 Å². The molecule has 29 heavy (non-hydrogen) atoms. The van der Waals surface area contributed by atoms with Crippen LogP contribution in [0.4, 0.5) is 0 Å². The topological polar surface area (TPSA) is 17.3 Å². The van der Waals surface area contributed by atoms with Crippen LogP contribution in [0.25, 0.3) is 47.7 Å². The molecule has 3 heteroatoms. The first-order chi connectivity index (χ1) is 14.3. The SMILES string of the molecule is C=NCc1ccc(-n2c3ccccc3c3ccc4sc5ccccc5c4c32)cc1. The Balaban J connectivity index is 1.81. The molecular weight excluding hydrogens is 372 g/mol. The van der Waals surface area contributed by atoms with Gasteiger partial charge in [0.25, 0.3) is 0 Å². The first kappa shape index (κ1) is 16.5. The van der Waals surface area contributed by atoms with Crippen molar-refractivity contribution in [2.24, 2.45) is 4.99 Å². The van der Waals surface area contributed by atoms with Crippen LogP contribution in [0.3, 0.4) is 0 Å². The molecule has 0 radical (unpaired) electrons. The van der Waals surface area contributed by atoms with Gasteiger partial charge in [0.1, 0.15) is 0 Å². The Morgan fingerprint density at radius 3 is 2.31 bits per heavy atom. The highest BCUT2D eigenvalue weighted by Gasteiger charge is 2.17. The van der Waals surface area contributed by atoms with Crippen molar-refractivity contribution in [1.82, 2.24) is 4.57 Å². The number of hydrogen-bond acceptors (Lipinski definition) is 2. The zero-order valence-electron chi connectivity index (χ0n) is 15.8. The van der Waals surface area contributed by atoms with E-state index in [9.17, 15) is 0 Å². The lowest BCUT2D eigenvalue weighted by atomic mass is 10.1. The summed E-state index contributed by atoms with van der Waals surface area (Å²) in [6.45, 7) is 4.26.